The van der Waals surface area contributed by atoms with Crippen LogP contribution in [0.1, 0.15) is 25.7 Å². The highest BCUT2D eigenvalue weighted by molar-refractivity contribution is 5.92. The fraction of sp³-hybridized carbons (Fsp3) is 0.700. The summed E-state index contributed by atoms with van der Waals surface area (Å²) in [6.45, 7) is 0.302. The SMILES string of the molecule is NCC(=O)N1CCC[C@H]1C(=O)NCC(=O)NCCNC(=O)CNC(=O)[C@@H]1CCCN1C(=O)CN. The van der Waals surface area contributed by atoms with Gasteiger partial charge in [-0.2, -0.15) is 0 Å². The van der Waals surface area contributed by atoms with Crippen LogP contribution in [0.2, 0.25) is 0 Å². The van der Waals surface area contributed by atoms with E-state index in [0.29, 0.717) is 38.8 Å². The molecule has 0 unspecified atom stereocenters. The molecule has 2 saturated heterocycles. The molecule has 0 radical (unpaired) electrons. The number of likely N-dealkylation sites (tertiary alicyclic amines) is 2. The maximum atomic E-state index is 12.3. The lowest BCUT2D eigenvalue weighted by Crippen LogP contribution is -2.50. The van der Waals surface area contributed by atoms with E-state index in [0.717, 1.165) is 0 Å². The van der Waals surface area contributed by atoms with Crippen LogP contribution in [0.4, 0.5) is 0 Å². The molecule has 2 fully saturated rings. The summed E-state index contributed by atoms with van der Waals surface area (Å²) in [4.78, 5) is 74.7. The Morgan fingerprint density at radius 2 is 1.03 bits per heavy atom. The summed E-state index contributed by atoms with van der Waals surface area (Å²) < 4.78 is 0. The van der Waals surface area contributed by atoms with Gasteiger partial charge in [-0.3, -0.25) is 28.8 Å². The van der Waals surface area contributed by atoms with Crippen molar-refractivity contribution in [2.45, 2.75) is 37.8 Å². The first-order valence-corrected chi connectivity index (χ1v) is 11.4. The topological polar surface area (TPSA) is 209 Å². The van der Waals surface area contributed by atoms with Gasteiger partial charge in [0.25, 0.3) is 0 Å². The number of carbonyl (C=O) groups is 6. The Kier molecular flexibility index (Phi) is 10.7. The second kappa shape index (κ2) is 13.4. The summed E-state index contributed by atoms with van der Waals surface area (Å²) in [5.74, 6) is -2.33. The average Bonchev–Trinajstić information content (AvgIpc) is 3.53. The monoisotopic (exact) mass is 482 g/mol. The Morgan fingerprint density at radius 3 is 1.38 bits per heavy atom. The van der Waals surface area contributed by atoms with E-state index in [1.807, 2.05) is 0 Å². The number of amides is 6. The number of carbonyl (C=O) groups excluding carboxylic acids is 6. The first-order valence-electron chi connectivity index (χ1n) is 11.4. The van der Waals surface area contributed by atoms with E-state index < -0.39 is 35.7 Å². The Morgan fingerprint density at radius 1 is 0.647 bits per heavy atom. The van der Waals surface area contributed by atoms with Gasteiger partial charge in [-0.25, -0.2) is 0 Å². The minimum absolute atomic E-state index is 0.122. The van der Waals surface area contributed by atoms with Crippen LogP contribution in [0.3, 0.4) is 0 Å². The van der Waals surface area contributed by atoms with E-state index in [2.05, 4.69) is 21.3 Å². The maximum absolute atomic E-state index is 12.3. The number of nitrogens with zero attached hydrogens (tertiary/aromatic N) is 2. The molecule has 2 heterocycles. The summed E-state index contributed by atoms with van der Waals surface area (Å²) in [6.07, 6.45) is 2.43. The smallest absolute Gasteiger partial charge is 0.243 e. The molecule has 34 heavy (non-hydrogen) atoms. The van der Waals surface area contributed by atoms with Gasteiger partial charge < -0.3 is 42.5 Å². The van der Waals surface area contributed by atoms with E-state index in [1.54, 1.807) is 0 Å². The molecule has 2 aliphatic heterocycles. The molecule has 0 spiro atoms. The lowest BCUT2D eigenvalue weighted by atomic mass is 10.2. The van der Waals surface area contributed by atoms with Gasteiger partial charge in [-0.1, -0.05) is 0 Å². The number of hydrogen-bond donors (Lipinski definition) is 6. The van der Waals surface area contributed by atoms with Crippen molar-refractivity contribution in [2.75, 3.05) is 52.4 Å². The van der Waals surface area contributed by atoms with Gasteiger partial charge in [0.2, 0.25) is 35.4 Å². The average molecular weight is 483 g/mol. The number of rotatable bonds is 11. The molecule has 2 aliphatic rings. The molecule has 2 rings (SSSR count). The molecule has 0 saturated carbocycles. The predicted molar refractivity (Wildman–Crippen MR) is 120 cm³/mol. The van der Waals surface area contributed by atoms with Gasteiger partial charge in [-0.15, -0.1) is 0 Å². The predicted octanol–water partition coefficient (Wildman–Crippen LogP) is -4.65. The Labute approximate surface area is 197 Å². The van der Waals surface area contributed by atoms with Crippen LogP contribution in [-0.4, -0.2) is 110 Å². The minimum atomic E-state index is -0.622. The zero-order valence-corrected chi connectivity index (χ0v) is 19.1. The quantitative estimate of drug-likeness (QED) is 0.157. The molecule has 190 valence electrons. The van der Waals surface area contributed by atoms with E-state index in [9.17, 15) is 28.8 Å². The number of hydrogen-bond acceptors (Lipinski definition) is 8. The summed E-state index contributed by atoms with van der Waals surface area (Å²) in [5, 5.41) is 10.1. The summed E-state index contributed by atoms with van der Waals surface area (Å²) >= 11 is 0. The third-order valence-electron chi connectivity index (χ3n) is 5.72. The minimum Gasteiger partial charge on any atom is -0.353 e. The highest BCUT2D eigenvalue weighted by Crippen LogP contribution is 2.17. The van der Waals surface area contributed by atoms with E-state index >= 15 is 0 Å². The largest absolute Gasteiger partial charge is 0.353 e. The first-order chi connectivity index (χ1) is 16.3. The second-order valence-corrected chi connectivity index (χ2v) is 8.03. The van der Waals surface area contributed by atoms with Crippen LogP contribution in [0, 0.1) is 0 Å². The fourth-order valence-corrected chi connectivity index (χ4v) is 4.01. The highest BCUT2D eigenvalue weighted by atomic mass is 16.2. The Bertz CT molecular complexity index is 727. The van der Waals surface area contributed by atoms with Crippen LogP contribution >= 0.6 is 0 Å². The van der Waals surface area contributed by atoms with E-state index in [-0.39, 0.29) is 51.1 Å². The van der Waals surface area contributed by atoms with Crippen LogP contribution in [-0.2, 0) is 28.8 Å². The molecule has 6 amide bonds. The van der Waals surface area contributed by atoms with Gasteiger partial charge in [0.15, 0.2) is 0 Å². The van der Waals surface area contributed by atoms with Crippen molar-refractivity contribution in [3.8, 4) is 0 Å². The summed E-state index contributed by atoms with van der Waals surface area (Å²) in [5.41, 5.74) is 10.7. The van der Waals surface area contributed by atoms with Gasteiger partial charge in [0, 0.05) is 26.2 Å². The normalized spacial score (nSPS) is 19.5. The van der Waals surface area contributed by atoms with Crippen LogP contribution in [0.5, 0.6) is 0 Å². The zero-order valence-electron chi connectivity index (χ0n) is 19.1. The fourth-order valence-electron chi connectivity index (χ4n) is 4.01. The number of nitrogens with two attached hydrogens (primary N) is 2. The maximum Gasteiger partial charge on any atom is 0.243 e. The molecule has 0 aromatic rings. The molecule has 0 aromatic heterocycles. The van der Waals surface area contributed by atoms with Crippen molar-refractivity contribution in [1.82, 2.24) is 31.1 Å². The van der Waals surface area contributed by atoms with Crippen molar-refractivity contribution < 1.29 is 28.8 Å². The Hall–Kier alpha value is -3.26. The van der Waals surface area contributed by atoms with Gasteiger partial charge >= 0.3 is 0 Å². The van der Waals surface area contributed by atoms with Crippen LogP contribution in [0.15, 0.2) is 0 Å². The second-order valence-electron chi connectivity index (χ2n) is 8.03. The van der Waals surface area contributed by atoms with Crippen LogP contribution < -0.4 is 32.7 Å². The van der Waals surface area contributed by atoms with Crippen molar-refractivity contribution in [1.29, 1.82) is 0 Å². The molecule has 14 heteroatoms. The first kappa shape index (κ1) is 27.0. The third-order valence-corrected chi connectivity index (χ3v) is 5.72. The standard InChI is InChI=1S/C20H34N8O6/c21-9-17(31)27-7-1-3-13(27)19(33)25-11-15(29)23-5-6-24-16(30)12-26-20(34)14-4-2-8-28(14)18(32)10-22/h13-14H,1-12,21-22H2,(H,23,29)(H,24,30)(H,25,33)(H,26,34)/t13-,14-/m0/s1. The van der Waals surface area contributed by atoms with Crippen molar-refractivity contribution in [3.63, 3.8) is 0 Å². The van der Waals surface area contributed by atoms with Crippen molar-refractivity contribution in [3.05, 3.63) is 0 Å². The molecule has 0 bridgehead atoms. The Balaban J connectivity index is 1.58. The molecule has 0 aliphatic carbocycles. The number of nitrogens with one attached hydrogen (secondary N) is 4. The van der Waals surface area contributed by atoms with Gasteiger partial charge in [0.05, 0.1) is 26.2 Å². The molecular formula is C20H34N8O6. The van der Waals surface area contributed by atoms with E-state index in [4.69, 9.17) is 11.5 Å². The lowest BCUT2D eigenvalue weighted by molar-refractivity contribution is -0.137. The molecule has 0 aromatic carbocycles. The van der Waals surface area contributed by atoms with Crippen LogP contribution in [0.25, 0.3) is 0 Å². The van der Waals surface area contributed by atoms with E-state index in [1.165, 1.54) is 9.80 Å². The summed E-state index contributed by atoms with van der Waals surface area (Å²) in [6, 6.07) is -1.24. The molecule has 14 nitrogen and oxygen atoms in total. The molecule has 2 atom stereocenters. The summed E-state index contributed by atoms with van der Waals surface area (Å²) in [7, 11) is 0. The third kappa shape index (κ3) is 7.66. The van der Waals surface area contributed by atoms with Crippen molar-refractivity contribution in [2.24, 2.45) is 11.5 Å². The van der Waals surface area contributed by atoms with Gasteiger partial charge in [0.1, 0.15) is 12.1 Å². The zero-order chi connectivity index (χ0) is 25.1. The highest BCUT2D eigenvalue weighted by Gasteiger charge is 2.34. The van der Waals surface area contributed by atoms with Gasteiger partial charge in [-0.05, 0) is 25.7 Å². The molecule has 8 N–H and O–H groups in total. The lowest BCUT2D eigenvalue weighted by Gasteiger charge is -2.23. The van der Waals surface area contributed by atoms with Crippen molar-refractivity contribution >= 4 is 35.4 Å². The molecular weight excluding hydrogens is 448 g/mol.